The summed E-state index contributed by atoms with van der Waals surface area (Å²) in [4.78, 5) is 17.6. The Morgan fingerprint density at radius 2 is 0.969 bits per heavy atom. The van der Waals surface area contributed by atoms with E-state index in [9.17, 15) is 0 Å². The van der Waals surface area contributed by atoms with Crippen molar-refractivity contribution in [3.63, 3.8) is 0 Å². The quantitative estimate of drug-likeness (QED) is 0.207. The van der Waals surface area contributed by atoms with Crippen LogP contribution in [0, 0.1) is 0 Å². The number of aliphatic imine (C=N–C) groups is 2. The van der Waals surface area contributed by atoms with Crippen LogP contribution in [0.4, 0.5) is 11.4 Å². The molecule has 0 N–H and O–H groups in total. The third kappa shape index (κ3) is 4.11. The molecule has 0 radical (unpaired) electrons. The van der Waals surface area contributed by atoms with Crippen LogP contribution in [0.3, 0.4) is 0 Å². The fourth-order valence-corrected chi connectivity index (χ4v) is 3.93. The van der Waals surface area contributed by atoms with Gasteiger partial charge in [-0.2, -0.15) is 0 Å². The summed E-state index contributed by atoms with van der Waals surface area (Å²) in [7, 11) is 0. The van der Waals surface area contributed by atoms with Gasteiger partial charge in [0.1, 0.15) is 10.3 Å². The van der Waals surface area contributed by atoms with E-state index in [4.69, 9.17) is 23.2 Å². The lowest BCUT2D eigenvalue weighted by molar-refractivity contribution is 1.36. The second-order valence-electron chi connectivity index (χ2n) is 7.13. The molecule has 0 unspecified atom stereocenters. The molecule has 0 amide bonds. The van der Waals surface area contributed by atoms with Gasteiger partial charge in [-0.15, -0.1) is 0 Å². The standard InChI is InChI=1S/C26H16Cl2N4/c27-25-21-3-1-5-23(19(21)11-13-29-25)31-15-17-7-9-18(10-8-17)16-32-24-6-2-4-22-20(24)12-14-30-26(22)28/h1-16H. The minimum atomic E-state index is 0.480. The van der Waals surface area contributed by atoms with Gasteiger partial charge in [0.15, 0.2) is 0 Å². The van der Waals surface area contributed by atoms with Gasteiger partial charge >= 0.3 is 0 Å². The number of aromatic nitrogens is 2. The summed E-state index contributed by atoms with van der Waals surface area (Å²) < 4.78 is 0. The van der Waals surface area contributed by atoms with Crippen LogP contribution in [0.25, 0.3) is 21.5 Å². The maximum absolute atomic E-state index is 6.19. The average Bonchev–Trinajstić information content (AvgIpc) is 2.83. The van der Waals surface area contributed by atoms with E-state index in [-0.39, 0.29) is 0 Å². The summed E-state index contributed by atoms with van der Waals surface area (Å²) in [6.07, 6.45) is 7.06. The molecular weight excluding hydrogens is 439 g/mol. The lowest BCUT2D eigenvalue weighted by atomic mass is 10.1. The van der Waals surface area contributed by atoms with E-state index in [0.717, 1.165) is 44.0 Å². The zero-order valence-electron chi connectivity index (χ0n) is 16.8. The number of halogens is 2. The van der Waals surface area contributed by atoms with Crippen molar-refractivity contribution in [3.05, 3.63) is 107 Å². The Balaban J connectivity index is 1.38. The smallest absolute Gasteiger partial charge is 0.136 e. The molecule has 0 aliphatic rings. The summed E-state index contributed by atoms with van der Waals surface area (Å²) in [5.74, 6) is 0. The van der Waals surface area contributed by atoms with E-state index in [1.54, 1.807) is 12.4 Å². The fourth-order valence-electron chi connectivity index (χ4n) is 3.49. The van der Waals surface area contributed by atoms with Crippen LogP contribution in [0.15, 0.2) is 95.2 Å². The lowest BCUT2D eigenvalue weighted by Gasteiger charge is -2.03. The molecule has 4 nitrogen and oxygen atoms in total. The second kappa shape index (κ2) is 8.87. The van der Waals surface area contributed by atoms with Gasteiger partial charge in [-0.1, -0.05) is 71.7 Å². The minimum absolute atomic E-state index is 0.480. The molecule has 0 fully saturated rings. The van der Waals surface area contributed by atoms with Crippen molar-refractivity contribution in [2.75, 3.05) is 0 Å². The first-order chi connectivity index (χ1) is 15.7. The van der Waals surface area contributed by atoms with Gasteiger partial charge < -0.3 is 0 Å². The summed E-state index contributed by atoms with van der Waals surface area (Å²) in [5.41, 5.74) is 3.67. The molecule has 154 valence electrons. The number of rotatable bonds is 4. The first-order valence-electron chi connectivity index (χ1n) is 9.94. The number of hydrogen-bond acceptors (Lipinski definition) is 4. The van der Waals surface area contributed by atoms with Gasteiger partial charge in [0.2, 0.25) is 0 Å². The van der Waals surface area contributed by atoms with Crippen molar-refractivity contribution < 1.29 is 0 Å². The molecule has 0 spiro atoms. The predicted octanol–water partition coefficient (Wildman–Crippen LogP) is 7.59. The molecule has 0 aliphatic heterocycles. The molecule has 0 saturated carbocycles. The number of pyridine rings is 2. The normalized spacial score (nSPS) is 11.8. The molecule has 0 bridgehead atoms. The van der Waals surface area contributed by atoms with Crippen molar-refractivity contribution in [1.29, 1.82) is 0 Å². The third-order valence-corrected chi connectivity index (χ3v) is 5.71. The fraction of sp³-hybridized carbons (Fsp3) is 0. The zero-order valence-corrected chi connectivity index (χ0v) is 18.3. The van der Waals surface area contributed by atoms with E-state index < -0.39 is 0 Å². The average molecular weight is 455 g/mol. The first-order valence-corrected chi connectivity index (χ1v) is 10.7. The van der Waals surface area contributed by atoms with Crippen molar-refractivity contribution in [1.82, 2.24) is 9.97 Å². The van der Waals surface area contributed by atoms with Crippen LogP contribution in [0.5, 0.6) is 0 Å². The number of nitrogens with zero attached hydrogens (tertiary/aromatic N) is 4. The monoisotopic (exact) mass is 454 g/mol. The summed E-state index contributed by atoms with van der Waals surface area (Å²) >= 11 is 12.4. The summed E-state index contributed by atoms with van der Waals surface area (Å²) in [5, 5.41) is 4.68. The summed E-state index contributed by atoms with van der Waals surface area (Å²) in [6, 6.07) is 23.5. The van der Waals surface area contributed by atoms with E-state index in [1.807, 2.05) is 85.2 Å². The van der Waals surface area contributed by atoms with E-state index in [2.05, 4.69) is 20.0 Å². The Labute approximate surface area is 194 Å². The highest BCUT2D eigenvalue weighted by molar-refractivity contribution is 6.35. The highest BCUT2D eigenvalue weighted by Gasteiger charge is 2.04. The Hall–Kier alpha value is -3.60. The van der Waals surface area contributed by atoms with Gasteiger partial charge in [-0.05, 0) is 35.4 Å². The second-order valence-corrected chi connectivity index (χ2v) is 7.85. The van der Waals surface area contributed by atoms with Gasteiger partial charge in [-0.25, -0.2) is 9.97 Å². The zero-order chi connectivity index (χ0) is 21.9. The molecule has 0 saturated heterocycles. The maximum Gasteiger partial charge on any atom is 0.136 e. The van der Waals surface area contributed by atoms with Gasteiger partial charge in [-0.3, -0.25) is 9.98 Å². The van der Waals surface area contributed by atoms with Crippen LogP contribution in [0.2, 0.25) is 10.3 Å². The Morgan fingerprint density at radius 1 is 0.531 bits per heavy atom. The Bertz CT molecular complexity index is 1380. The largest absolute Gasteiger partial charge is 0.256 e. The number of hydrogen-bond donors (Lipinski definition) is 0. The topological polar surface area (TPSA) is 50.5 Å². The van der Waals surface area contributed by atoms with Gasteiger partial charge in [0.05, 0.1) is 11.4 Å². The minimum Gasteiger partial charge on any atom is -0.256 e. The number of benzene rings is 3. The molecule has 0 aliphatic carbocycles. The van der Waals surface area contributed by atoms with Crippen LogP contribution in [-0.4, -0.2) is 22.4 Å². The molecular formula is C26H16Cl2N4. The molecule has 5 rings (SSSR count). The first kappa shape index (κ1) is 20.3. The van der Waals surface area contributed by atoms with Crippen LogP contribution in [0.1, 0.15) is 11.1 Å². The van der Waals surface area contributed by atoms with Gasteiger partial charge in [0, 0.05) is 46.4 Å². The van der Waals surface area contributed by atoms with Crippen LogP contribution < -0.4 is 0 Å². The SMILES string of the molecule is Clc1nccc2c(N=Cc3ccc(C=Nc4cccc5c(Cl)nccc45)cc3)cccc12. The van der Waals surface area contributed by atoms with Crippen molar-refractivity contribution >= 4 is 68.6 Å². The van der Waals surface area contributed by atoms with E-state index >= 15 is 0 Å². The predicted molar refractivity (Wildman–Crippen MR) is 134 cm³/mol. The van der Waals surface area contributed by atoms with E-state index in [1.165, 1.54) is 0 Å². The molecule has 0 atom stereocenters. The van der Waals surface area contributed by atoms with Gasteiger partial charge in [0.25, 0.3) is 0 Å². The van der Waals surface area contributed by atoms with E-state index in [0.29, 0.717) is 10.3 Å². The van der Waals surface area contributed by atoms with Crippen LogP contribution >= 0.6 is 23.2 Å². The lowest BCUT2D eigenvalue weighted by Crippen LogP contribution is -1.85. The molecule has 3 aromatic carbocycles. The molecule has 2 heterocycles. The van der Waals surface area contributed by atoms with Crippen LogP contribution in [-0.2, 0) is 0 Å². The number of fused-ring (bicyclic) bond motifs is 2. The maximum atomic E-state index is 6.19. The molecule has 6 heteroatoms. The Kier molecular flexibility index (Phi) is 5.63. The van der Waals surface area contributed by atoms with Crippen molar-refractivity contribution in [2.24, 2.45) is 9.98 Å². The molecule has 32 heavy (non-hydrogen) atoms. The highest BCUT2D eigenvalue weighted by atomic mass is 35.5. The third-order valence-electron chi connectivity index (χ3n) is 5.11. The molecule has 2 aromatic heterocycles. The molecule has 5 aromatic rings. The van der Waals surface area contributed by atoms with Crippen molar-refractivity contribution in [2.45, 2.75) is 0 Å². The summed E-state index contributed by atoms with van der Waals surface area (Å²) in [6.45, 7) is 0. The van der Waals surface area contributed by atoms with Crippen molar-refractivity contribution in [3.8, 4) is 0 Å². The Morgan fingerprint density at radius 3 is 1.41 bits per heavy atom. The highest BCUT2D eigenvalue weighted by Crippen LogP contribution is 2.30.